The summed E-state index contributed by atoms with van der Waals surface area (Å²) >= 11 is 11.0. The van der Waals surface area contributed by atoms with E-state index in [4.69, 9.17) is 34.3 Å². The van der Waals surface area contributed by atoms with Crippen LogP contribution in [0, 0.1) is 5.92 Å². The fourth-order valence-corrected chi connectivity index (χ4v) is 2.36. The third kappa shape index (κ3) is 3.43. The molecule has 0 aliphatic carbocycles. The molecule has 3 N–H and O–H groups in total. The summed E-state index contributed by atoms with van der Waals surface area (Å²) in [5.41, 5.74) is 6.76. The lowest BCUT2D eigenvalue weighted by Gasteiger charge is -2.11. The third-order valence-corrected chi connectivity index (χ3v) is 3.63. The average Bonchev–Trinajstić information content (AvgIpc) is 2.78. The Kier molecular flexibility index (Phi) is 4.39. The fourth-order valence-electron chi connectivity index (χ4n) is 2.00. The molecule has 19 heavy (non-hydrogen) atoms. The predicted octanol–water partition coefficient (Wildman–Crippen LogP) is 2.34. The Morgan fingerprint density at radius 3 is 2.84 bits per heavy atom. The van der Waals surface area contributed by atoms with Crippen molar-refractivity contribution in [2.75, 3.05) is 11.9 Å². The van der Waals surface area contributed by atoms with E-state index in [0.29, 0.717) is 22.9 Å². The molecular weight excluding hydrogens is 284 g/mol. The Morgan fingerprint density at radius 1 is 1.58 bits per heavy atom. The van der Waals surface area contributed by atoms with Gasteiger partial charge in [0.25, 0.3) is 0 Å². The minimum Gasteiger partial charge on any atom is -0.389 e. The summed E-state index contributed by atoms with van der Waals surface area (Å²) in [4.78, 5) is 12.3. The summed E-state index contributed by atoms with van der Waals surface area (Å²) in [6.45, 7) is 2.41. The monoisotopic (exact) mass is 298 g/mol. The van der Waals surface area contributed by atoms with Crippen LogP contribution in [-0.2, 0) is 9.53 Å². The molecule has 1 amide bonds. The van der Waals surface area contributed by atoms with Gasteiger partial charge >= 0.3 is 0 Å². The van der Waals surface area contributed by atoms with E-state index in [1.165, 1.54) is 0 Å². The number of hydrogen-bond donors (Lipinski definition) is 2. The fraction of sp³-hybridized carbons (Fsp3) is 0.385. The molecule has 2 rings (SSSR count). The molecular formula is C13H15ClN2O2S. The van der Waals surface area contributed by atoms with Crippen molar-refractivity contribution in [1.82, 2.24) is 0 Å². The van der Waals surface area contributed by atoms with E-state index in [-0.39, 0.29) is 22.9 Å². The molecule has 2 atom stereocenters. The second kappa shape index (κ2) is 5.86. The van der Waals surface area contributed by atoms with Crippen LogP contribution in [0.15, 0.2) is 18.2 Å². The van der Waals surface area contributed by atoms with Gasteiger partial charge in [0.15, 0.2) is 0 Å². The summed E-state index contributed by atoms with van der Waals surface area (Å²) in [7, 11) is 0. The number of halogens is 1. The summed E-state index contributed by atoms with van der Waals surface area (Å²) in [6.07, 6.45) is 0.859. The molecule has 2 unspecified atom stereocenters. The summed E-state index contributed by atoms with van der Waals surface area (Å²) in [5.74, 6) is -0.198. The maximum atomic E-state index is 12.0. The smallest absolute Gasteiger partial charge is 0.229 e. The minimum atomic E-state index is -0.124. The normalized spacial score (nSPS) is 22.2. The first-order valence-electron chi connectivity index (χ1n) is 5.99. The van der Waals surface area contributed by atoms with E-state index < -0.39 is 0 Å². The summed E-state index contributed by atoms with van der Waals surface area (Å²) in [5, 5.41) is 3.23. The van der Waals surface area contributed by atoms with Gasteiger partial charge in [0.05, 0.1) is 29.3 Å². The standard InChI is InChI=1S/C13H15ClN2O2S/c1-7-4-9(6-18-7)13(17)16-11-3-2-8(12(15)19)5-10(11)14/h2-3,5,7,9H,4,6H2,1H3,(H2,15,19)(H,16,17). The average molecular weight is 299 g/mol. The first kappa shape index (κ1) is 14.2. The number of nitrogens with two attached hydrogens (primary N) is 1. The van der Waals surface area contributed by atoms with Crippen LogP contribution in [0.5, 0.6) is 0 Å². The van der Waals surface area contributed by atoms with Gasteiger partial charge in [-0.05, 0) is 31.5 Å². The molecule has 1 aromatic rings. The molecule has 1 aliphatic heterocycles. The Hall–Kier alpha value is -1.17. The van der Waals surface area contributed by atoms with Gasteiger partial charge in [-0.3, -0.25) is 4.79 Å². The van der Waals surface area contributed by atoms with E-state index in [1.54, 1.807) is 18.2 Å². The number of benzene rings is 1. The van der Waals surface area contributed by atoms with Gasteiger partial charge in [0.1, 0.15) is 4.99 Å². The number of hydrogen-bond acceptors (Lipinski definition) is 3. The largest absolute Gasteiger partial charge is 0.389 e. The second-order valence-electron chi connectivity index (χ2n) is 4.62. The van der Waals surface area contributed by atoms with Gasteiger partial charge in [0.2, 0.25) is 5.91 Å². The van der Waals surface area contributed by atoms with Crippen LogP contribution in [0.4, 0.5) is 5.69 Å². The molecule has 1 heterocycles. The Balaban J connectivity index is 2.07. The molecule has 1 aliphatic rings. The van der Waals surface area contributed by atoms with Crippen LogP contribution in [-0.4, -0.2) is 23.6 Å². The number of amides is 1. The van der Waals surface area contributed by atoms with Gasteiger partial charge in [0, 0.05) is 5.56 Å². The quantitative estimate of drug-likeness (QED) is 0.841. The SMILES string of the molecule is CC1CC(C(=O)Nc2ccc(C(N)=S)cc2Cl)CO1. The molecule has 1 aromatic carbocycles. The van der Waals surface area contributed by atoms with Gasteiger partial charge in [-0.2, -0.15) is 0 Å². The lowest BCUT2D eigenvalue weighted by Crippen LogP contribution is -2.23. The highest BCUT2D eigenvalue weighted by Gasteiger charge is 2.28. The molecule has 1 fully saturated rings. The first-order valence-corrected chi connectivity index (χ1v) is 6.78. The van der Waals surface area contributed by atoms with Gasteiger partial charge in [-0.25, -0.2) is 0 Å². The van der Waals surface area contributed by atoms with Crippen LogP contribution in [0.2, 0.25) is 5.02 Å². The maximum Gasteiger partial charge on any atom is 0.229 e. The predicted molar refractivity (Wildman–Crippen MR) is 79.5 cm³/mol. The minimum absolute atomic E-state index is 0.0747. The number of rotatable bonds is 3. The van der Waals surface area contributed by atoms with Crippen molar-refractivity contribution in [2.24, 2.45) is 11.7 Å². The molecule has 1 saturated heterocycles. The number of carbonyl (C=O) groups is 1. The zero-order chi connectivity index (χ0) is 14.0. The van der Waals surface area contributed by atoms with Gasteiger partial charge in [-0.15, -0.1) is 0 Å². The Labute approximate surface area is 122 Å². The summed E-state index contributed by atoms with van der Waals surface area (Å²) < 4.78 is 5.38. The van der Waals surface area contributed by atoms with Crippen molar-refractivity contribution in [3.63, 3.8) is 0 Å². The second-order valence-corrected chi connectivity index (χ2v) is 5.47. The first-order chi connectivity index (χ1) is 8.97. The van der Waals surface area contributed by atoms with E-state index >= 15 is 0 Å². The number of carbonyl (C=O) groups excluding carboxylic acids is 1. The van der Waals surface area contributed by atoms with Crippen molar-refractivity contribution < 1.29 is 9.53 Å². The Morgan fingerprint density at radius 2 is 2.32 bits per heavy atom. The Bertz CT molecular complexity index is 521. The van der Waals surface area contributed by atoms with Crippen molar-refractivity contribution in [3.8, 4) is 0 Å². The highest BCUT2D eigenvalue weighted by Crippen LogP contribution is 2.26. The molecule has 0 saturated carbocycles. The van der Waals surface area contributed by atoms with Crippen molar-refractivity contribution >= 4 is 40.4 Å². The van der Waals surface area contributed by atoms with E-state index in [2.05, 4.69) is 5.32 Å². The molecule has 102 valence electrons. The molecule has 6 heteroatoms. The summed E-state index contributed by atoms with van der Waals surface area (Å²) in [6, 6.07) is 5.08. The van der Waals surface area contributed by atoms with Gasteiger partial charge < -0.3 is 15.8 Å². The van der Waals surface area contributed by atoms with Gasteiger partial charge in [-0.1, -0.05) is 23.8 Å². The molecule has 4 nitrogen and oxygen atoms in total. The van der Waals surface area contributed by atoms with E-state index in [9.17, 15) is 4.79 Å². The molecule has 0 spiro atoms. The number of nitrogens with one attached hydrogen (secondary N) is 1. The molecule has 0 aromatic heterocycles. The van der Waals surface area contributed by atoms with Crippen molar-refractivity contribution in [1.29, 1.82) is 0 Å². The highest BCUT2D eigenvalue weighted by molar-refractivity contribution is 7.80. The number of anilines is 1. The zero-order valence-electron chi connectivity index (χ0n) is 10.5. The third-order valence-electron chi connectivity index (χ3n) is 3.08. The van der Waals surface area contributed by atoms with Crippen LogP contribution in [0.3, 0.4) is 0 Å². The lowest BCUT2D eigenvalue weighted by molar-refractivity contribution is -0.119. The van der Waals surface area contributed by atoms with E-state index in [1.807, 2.05) is 6.92 Å². The number of thiocarbonyl (C=S) groups is 1. The van der Waals surface area contributed by atoms with Crippen LogP contribution >= 0.6 is 23.8 Å². The van der Waals surface area contributed by atoms with E-state index in [0.717, 1.165) is 6.42 Å². The molecule has 0 radical (unpaired) electrons. The zero-order valence-corrected chi connectivity index (χ0v) is 12.1. The topological polar surface area (TPSA) is 64.4 Å². The van der Waals surface area contributed by atoms with Crippen LogP contribution in [0.25, 0.3) is 0 Å². The van der Waals surface area contributed by atoms with Crippen molar-refractivity contribution in [2.45, 2.75) is 19.4 Å². The maximum absolute atomic E-state index is 12.0. The van der Waals surface area contributed by atoms with Crippen molar-refractivity contribution in [3.05, 3.63) is 28.8 Å². The van der Waals surface area contributed by atoms with Crippen LogP contribution in [0.1, 0.15) is 18.9 Å². The van der Waals surface area contributed by atoms with Crippen LogP contribution < -0.4 is 11.1 Å². The lowest BCUT2D eigenvalue weighted by atomic mass is 10.1. The molecule has 0 bridgehead atoms. The number of ether oxygens (including phenoxy) is 1. The highest BCUT2D eigenvalue weighted by atomic mass is 35.5.